The number of nitrogens with zero attached hydrogens (tertiary/aromatic N) is 4. The molecule has 202 valence electrons. The Hall–Kier alpha value is -3.26. The summed E-state index contributed by atoms with van der Waals surface area (Å²) in [4.78, 5) is 24.4. The van der Waals surface area contributed by atoms with Gasteiger partial charge in [0.15, 0.2) is 10.9 Å². The van der Waals surface area contributed by atoms with E-state index in [9.17, 15) is 18.0 Å². The van der Waals surface area contributed by atoms with Gasteiger partial charge in [-0.05, 0) is 24.3 Å². The Morgan fingerprint density at radius 2 is 1.79 bits per heavy atom. The summed E-state index contributed by atoms with van der Waals surface area (Å²) in [5, 5.41) is 11.8. The van der Waals surface area contributed by atoms with E-state index in [0.29, 0.717) is 67.3 Å². The van der Waals surface area contributed by atoms with Crippen LogP contribution in [0.3, 0.4) is 0 Å². The number of thioether (sulfide) groups is 1. The number of carbonyl (C=O) groups excluding carboxylic acids is 2. The first-order valence-corrected chi connectivity index (χ1v) is 14.4. The lowest BCUT2D eigenvalue weighted by molar-refractivity contribution is -0.118. The van der Waals surface area contributed by atoms with Crippen molar-refractivity contribution in [2.24, 2.45) is 0 Å². The lowest BCUT2D eigenvalue weighted by atomic mass is 10.1. The second-order valence-electron chi connectivity index (χ2n) is 8.39. The Morgan fingerprint density at radius 3 is 2.47 bits per heavy atom. The minimum atomic E-state index is -3.64. The second-order valence-corrected chi connectivity index (χ2v) is 11.3. The summed E-state index contributed by atoms with van der Waals surface area (Å²) < 4.78 is 39.7. The monoisotopic (exact) mass is 559 g/mol. The summed E-state index contributed by atoms with van der Waals surface area (Å²) in [6.07, 6.45) is 0.429. The number of ether oxygens (including phenoxy) is 2. The van der Waals surface area contributed by atoms with Crippen LogP contribution in [0.5, 0.6) is 5.75 Å². The van der Waals surface area contributed by atoms with Crippen molar-refractivity contribution >= 4 is 33.5 Å². The first-order chi connectivity index (χ1) is 18.3. The number of amides is 1. The Labute approximate surface area is 225 Å². The average Bonchev–Trinajstić information content (AvgIpc) is 3.34. The maximum Gasteiger partial charge on any atom is 0.243 e. The summed E-state index contributed by atoms with van der Waals surface area (Å²) in [5.41, 5.74) is 1.11. The number of morpholine rings is 1. The second kappa shape index (κ2) is 12.5. The first-order valence-electron chi connectivity index (χ1n) is 12.0. The number of ketones is 1. The van der Waals surface area contributed by atoms with Crippen LogP contribution in [-0.2, 0) is 26.0 Å². The molecule has 1 fully saturated rings. The highest BCUT2D eigenvalue weighted by molar-refractivity contribution is 7.99. The number of methoxy groups -OCH3 is 1. The summed E-state index contributed by atoms with van der Waals surface area (Å²) in [6.45, 7) is 3.16. The molecule has 1 aromatic heterocycles. The minimum absolute atomic E-state index is 0.0640. The Morgan fingerprint density at radius 1 is 1.08 bits per heavy atom. The van der Waals surface area contributed by atoms with Gasteiger partial charge in [-0.1, -0.05) is 36.0 Å². The fraction of sp³-hybridized carbons (Fsp3) is 0.360. The highest BCUT2D eigenvalue weighted by Gasteiger charge is 2.26. The molecule has 1 saturated heterocycles. The predicted molar refractivity (Wildman–Crippen MR) is 141 cm³/mol. The molecule has 0 bridgehead atoms. The zero-order chi connectivity index (χ0) is 27.1. The molecular formula is C25H29N5O6S2. The van der Waals surface area contributed by atoms with Crippen LogP contribution in [0.4, 0.5) is 0 Å². The topological polar surface area (TPSA) is 133 Å². The molecule has 1 N–H and O–H groups in total. The van der Waals surface area contributed by atoms with Gasteiger partial charge in [-0.2, -0.15) is 4.31 Å². The molecule has 2 heterocycles. The number of Topliss-reactive ketones (excluding diaryl/α,β-unsaturated/α-hetero) is 1. The van der Waals surface area contributed by atoms with E-state index in [2.05, 4.69) is 15.5 Å². The summed E-state index contributed by atoms with van der Waals surface area (Å²) >= 11 is 1.21. The molecular weight excluding hydrogens is 530 g/mol. The maximum absolute atomic E-state index is 13.0. The number of carbonyl (C=O) groups is 2. The molecule has 0 unspecified atom stereocenters. The van der Waals surface area contributed by atoms with Crippen LogP contribution in [0.1, 0.15) is 23.1 Å². The molecule has 4 rings (SSSR count). The van der Waals surface area contributed by atoms with Crippen LogP contribution in [0.15, 0.2) is 58.6 Å². The number of hydrogen-bond donors (Lipinski definition) is 1. The van der Waals surface area contributed by atoms with Gasteiger partial charge < -0.3 is 14.8 Å². The number of benzene rings is 2. The zero-order valence-corrected chi connectivity index (χ0v) is 22.8. The van der Waals surface area contributed by atoms with Gasteiger partial charge in [0.25, 0.3) is 0 Å². The fourth-order valence-electron chi connectivity index (χ4n) is 3.92. The highest BCUT2D eigenvalue weighted by Crippen LogP contribution is 2.29. The molecule has 1 aliphatic heterocycles. The molecule has 2 aromatic carbocycles. The van der Waals surface area contributed by atoms with E-state index < -0.39 is 10.0 Å². The number of nitrogens with one attached hydrogen (secondary N) is 1. The lowest BCUT2D eigenvalue weighted by Crippen LogP contribution is -2.40. The van der Waals surface area contributed by atoms with Crippen LogP contribution in [0.25, 0.3) is 5.69 Å². The molecule has 0 atom stereocenters. The molecule has 13 heteroatoms. The van der Waals surface area contributed by atoms with Crippen LogP contribution in [0.2, 0.25) is 0 Å². The van der Waals surface area contributed by atoms with E-state index in [1.165, 1.54) is 47.3 Å². The molecule has 0 spiro atoms. The van der Waals surface area contributed by atoms with E-state index in [-0.39, 0.29) is 22.3 Å². The molecule has 3 aromatic rings. The largest absolute Gasteiger partial charge is 0.495 e. The van der Waals surface area contributed by atoms with E-state index >= 15 is 0 Å². The fourth-order valence-corrected chi connectivity index (χ4v) is 6.19. The standard InChI is InChI=1S/C25H29N5O6S2/c1-18(31)26-12-11-24-27-28-25(30(24)21-5-3-4-6-23(21)35-2)37-17-22(32)19-7-9-20(10-8-19)38(33,34)29-13-15-36-16-14-29/h3-10H,11-17H2,1-2H3,(H,26,31). The number of hydrogen-bond acceptors (Lipinski definition) is 9. The van der Waals surface area contributed by atoms with Gasteiger partial charge in [0.05, 0.1) is 36.7 Å². The van der Waals surface area contributed by atoms with Crippen molar-refractivity contribution in [3.63, 3.8) is 0 Å². The summed E-state index contributed by atoms with van der Waals surface area (Å²) in [6, 6.07) is 13.4. The first kappa shape index (κ1) is 27.8. The van der Waals surface area contributed by atoms with E-state index in [1.807, 2.05) is 28.8 Å². The van der Waals surface area contributed by atoms with Crippen molar-refractivity contribution < 1.29 is 27.5 Å². The van der Waals surface area contributed by atoms with Gasteiger partial charge >= 0.3 is 0 Å². The van der Waals surface area contributed by atoms with E-state index in [4.69, 9.17) is 9.47 Å². The third kappa shape index (κ3) is 6.41. The minimum Gasteiger partial charge on any atom is -0.495 e. The smallest absolute Gasteiger partial charge is 0.243 e. The van der Waals surface area contributed by atoms with Crippen LogP contribution >= 0.6 is 11.8 Å². The Kier molecular flexibility index (Phi) is 9.15. The molecule has 0 saturated carbocycles. The Bertz CT molecular complexity index is 1390. The normalized spacial score (nSPS) is 14.3. The van der Waals surface area contributed by atoms with Crippen LogP contribution in [0, 0.1) is 0 Å². The third-order valence-corrected chi connectivity index (χ3v) is 8.71. The number of aromatic nitrogens is 3. The SMILES string of the molecule is COc1ccccc1-n1c(CCNC(C)=O)nnc1SCC(=O)c1ccc(S(=O)(=O)N2CCOCC2)cc1. The third-order valence-electron chi connectivity index (χ3n) is 5.87. The van der Waals surface area contributed by atoms with Crippen molar-refractivity contribution in [3.05, 3.63) is 59.9 Å². The summed E-state index contributed by atoms with van der Waals surface area (Å²) in [7, 11) is -2.07. The van der Waals surface area contributed by atoms with Gasteiger partial charge in [-0.25, -0.2) is 8.42 Å². The highest BCUT2D eigenvalue weighted by atomic mass is 32.2. The van der Waals surface area contributed by atoms with E-state index in [1.54, 1.807) is 7.11 Å². The Balaban J connectivity index is 1.50. The van der Waals surface area contributed by atoms with E-state index in [0.717, 1.165) is 0 Å². The molecule has 0 aliphatic carbocycles. The van der Waals surface area contributed by atoms with Crippen molar-refractivity contribution in [1.29, 1.82) is 0 Å². The maximum atomic E-state index is 13.0. The summed E-state index contributed by atoms with van der Waals surface area (Å²) in [5.74, 6) is 0.959. The molecule has 1 amide bonds. The van der Waals surface area contributed by atoms with Gasteiger partial charge in [-0.3, -0.25) is 14.2 Å². The van der Waals surface area contributed by atoms with Crippen molar-refractivity contribution in [1.82, 2.24) is 24.4 Å². The van der Waals surface area contributed by atoms with Gasteiger partial charge in [-0.15, -0.1) is 10.2 Å². The van der Waals surface area contributed by atoms with Gasteiger partial charge in [0.1, 0.15) is 11.6 Å². The number of sulfonamides is 1. The molecule has 38 heavy (non-hydrogen) atoms. The quantitative estimate of drug-likeness (QED) is 0.276. The molecule has 1 aliphatic rings. The van der Waals surface area contributed by atoms with Crippen LogP contribution in [-0.4, -0.2) is 84.9 Å². The lowest BCUT2D eigenvalue weighted by Gasteiger charge is -2.26. The average molecular weight is 560 g/mol. The molecule has 0 radical (unpaired) electrons. The van der Waals surface area contributed by atoms with Crippen molar-refractivity contribution in [3.8, 4) is 11.4 Å². The van der Waals surface area contributed by atoms with Crippen LogP contribution < -0.4 is 10.1 Å². The van der Waals surface area contributed by atoms with Gasteiger partial charge in [0, 0.05) is 38.5 Å². The number of rotatable bonds is 11. The van der Waals surface area contributed by atoms with Crippen molar-refractivity contribution in [2.75, 3.05) is 45.7 Å². The van der Waals surface area contributed by atoms with Gasteiger partial charge in [0.2, 0.25) is 15.9 Å². The molecule has 11 nitrogen and oxygen atoms in total. The zero-order valence-electron chi connectivity index (χ0n) is 21.1. The predicted octanol–water partition coefficient (Wildman–Crippen LogP) is 1.95. The van der Waals surface area contributed by atoms with Crippen molar-refractivity contribution in [2.45, 2.75) is 23.4 Å². The number of para-hydroxylation sites is 2.